The van der Waals surface area contributed by atoms with Crippen LogP contribution in [0.2, 0.25) is 0 Å². The molecule has 3 aromatic rings. The minimum atomic E-state index is -1.01. The van der Waals surface area contributed by atoms with Crippen LogP contribution < -0.4 is 21.5 Å². The molecular weight excluding hydrogens is 569 g/mol. The van der Waals surface area contributed by atoms with Gasteiger partial charge in [-0.1, -0.05) is 0 Å². The smallest absolute Gasteiger partial charge is 0.476 e. The molecule has 0 bridgehead atoms. The average Bonchev–Trinajstić information content (AvgIpc) is 3.49. The maximum absolute atomic E-state index is 11.1. The molecule has 1 aromatic carbocycles. The first-order chi connectivity index (χ1) is 17.1. The molecular formula is C27H31IN5O3-. The average molecular weight is 600 g/mol. The van der Waals surface area contributed by atoms with Crippen LogP contribution in [0, 0.1) is 19.3 Å². The SMILES string of the molecule is Cc1cc(-c2noc(C3=C[I-]N(C)C4=C3CCC(C)(C)C4)n2)cc(C)c1CCn1ccc(C(=O)O)n1. The van der Waals surface area contributed by atoms with Gasteiger partial charge in [-0.25, -0.2) is 4.79 Å². The monoisotopic (exact) mass is 600 g/mol. The van der Waals surface area contributed by atoms with Crippen LogP contribution in [-0.2, 0) is 13.0 Å². The number of carbonyl (C=O) groups is 1. The van der Waals surface area contributed by atoms with Gasteiger partial charge < -0.3 is 5.11 Å². The normalized spacial score (nSPS) is 17.5. The van der Waals surface area contributed by atoms with Gasteiger partial charge >= 0.3 is 189 Å². The molecule has 36 heavy (non-hydrogen) atoms. The molecule has 0 amide bonds. The Bertz CT molecular complexity index is 1370. The Kier molecular flexibility index (Phi) is 6.52. The maximum atomic E-state index is 11.1. The molecule has 0 spiro atoms. The van der Waals surface area contributed by atoms with Crippen LogP contribution >= 0.6 is 0 Å². The number of hydrogen-bond acceptors (Lipinski definition) is 6. The van der Waals surface area contributed by atoms with Crippen LogP contribution in [0.4, 0.5) is 0 Å². The van der Waals surface area contributed by atoms with Gasteiger partial charge in [-0.05, 0) is 6.07 Å². The molecule has 0 saturated carbocycles. The Balaban J connectivity index is 1.36. The summed E-state index contributed by atoms with van der Waals surface area (Å²) in [5.41, 5.74) is 8.78. The topological polar surface area (TPSA) is 97.3 Å². The Labute approximate surface area is 221 Å². The van der Waals surface area contributed by atoms with Gasteiger partial charge in [0, 0.05) is 6.20 Å². The summed E-state index contributed by atoms with van der Waals surface area (Å²) in [6.45, 7) is 9.48. The molecule has 0 unspecified atom stereocenters. The molecule has 1 aliphatic heterocycles. The number of halogens is 1. The minimum absolute atomic E-state index is 0.0633. The van der Waals surface area contributed by atoms with Crippen LogP contribution in [0.25, 0.3) is 17.0 Å². The standard InChI is InChI=1S/C27H31IN5O3/c1-16-12-18(13-17(2)19(16)7-10-33-11-8-22(30-33)26(34)35)24-29-25(36-31-24)21-15-28-32(5)23-14-27(3,4)9-6-20(21)23/h8,11-13,15H,6-7,9-10,14H2,1-5H3,(H,34,35)/q-1. The third-order valence-corrected chi connectivity index (χ3v) is 9.43. The number of aryl methyl sites for hydroxylation is 3. The van der Waals surface area contributed by atoms with E-state index in [2.05, 4.69) is 64.3 Å². The molecule has 0 radical (unpaired) electrons. The van der Waals surface area contributed by atoms with Crippen molar-refractivity contribution in [3.05, 3.63) is 68.0 Å². The molecule has 0 fully saturated rings. The second-order valence-electron chi connectivity index (χ2n) is 10.4. The van der Waals surface area contributed by atoms with E-state index in [0.29, 0.717) is 23.7 Å². The minimum Gasteiger partial charge on any atom is -0.476 e. The Morgan fingerprint density at radius 3 is 2.69 bits per heavy atom. The zero-order valence-electron chi connectivity index (χ0n) is 21.3. The first kappa shape index (κ1) is 24.7. The van der Waals surface area contributed by atoms with Gasteiger partial charge in [0.15, 0.2) is 5.69 Å². The van der Waals surface area contributed by atoms with E-state index < -0.39 is 5.97 Å². The van der Waals surface area contributed by atoms with E-state index in [1.54, 1.807) is 10.9 Å². The fourth-order valence-electron chi connectivity index (χ4n) is 5.06. The van der Waals surface area contributed by atoms with Crippen molar-refractivity contribution in [2.45, 2.75) is 59.9 Å². The van der Waals surface area contributed by atoms with Crippen LogP contribution in [0.5, 0.6) is 0 Å². The number of aromatic nitrogens is 4. The Morgan fingerprint density at radius 1 is 1.25 bits per heavy atom. The fraction of sp³-hybridized carbons (Fsp3) is 0.407. The number of allylic oxidation sites excluding steroid dienone is 3. The van der Waals surface area contributed by atoms with Crippen molar-refractivity contribution in [2.24, 2.45) is 5.41 Å². The van der Waals surface area contributed by atoms with Gasteiger partial charge in [-0.15, -0.1) is 0 Å². The summed E-state index contributed by atoms with van der Waals surface area (Å²) in [7, 11) is 2.21. The third-order valence-electron chi connectivity index (χ3n) is 7.11. The fourth-order valence-corrected chi connectivity index (χ4v) is 7.19. The number of nitrogens with zero attached hydrogens (tertiary/aromatic N) is 5. The van der Waals surface area contributed by atoms with Crippen molar-refractivity contribution < 1.29 is 35.9 Å². The van der Waals surface area contributed by atoms with Crippen molar-refractivity contribution >= 4 is 11.5 Å². The number of aromatic carboxylic acids is 1. The van der Waals surface area contributed by atoms with E-state index in [1.165, 1.54) is 22.9 Å². The van der Waals surface area contributed by atoms with E-state index in [0.717, 1.165) is 47.9 Å². The van der Waals surface area contributed by atoms with Crippen molar-refractivity contribution in [3.63, 3.8) is 0 Å². The second kappa shape index (κ2) is 9.49. The molecule has 0 atom stereocenters. The molecule has 190 valence electrons. The number of carboxylic acid groups (broad SMARTS) is 1. The summed E-state index contributed by atoms with van der Waals surface area (Å²) < 4.78 is 12.3. The van der Waals surface area contributed by atoms with Gasteiger partial charge in [0.1, 0.15) is 0 Å². The Morgan fingerprint density at radius 2 is 2.00 bits per heavy atom. The van der Waals surface area contributed by atoms with Gasteiger partial charge in [0.05, 0.1) is 0 Å². The molecule has 3 heterocycles. The summed E-state index contributed by atoms with van der Waals surface area (Å²) in [4.78, 5) is 15.9. The molecule has 1 N–H and O–H groups in total. The summed E-state index contributed by atoms with van der Waals surface area (Å²) >= 11 is -0.244. The van der Waals surface area contributed by atoms with Crippen LogP contribution in [0.1, 0.15) is 66.2 Å². The molecule has 8 nitrogen and oxygen atoms in total. The first-order valence-corrected chi connectivity index (χ1v) is 14.3. The number of hydrogen-bond donors (Lipinski definition) is 1. The number of carboxylic acids is 1. The van der Waals surface area contributed by atoms with E-state index in [9.17, 15) is 4.79 Å². The number of rotatable bonds is 6. The number of benzene rings is 1. The molecule has 2 aromatic heterocycles. The summed E-state index contributed by atoms with van der Waals surface area (Å²) in [6.07, 6.45) is 5.75. The molecule has 9 heteroatoms. The van der Waals surface area contributed by atoms with E-state index in [-0.39, 0.29) is 27.2 Å². The second-order valence-corrected chi connectivity index (χ2v) is 13.0. The van der Waals surface area contributed by atoms with E-state index in [1.807, 2.05) is 0 Å². The molecule has 0 saturated heterocycles. The summed E-state index contributed by atoms with van der Waals surface area (Å²) in [6, 6.07) is 5.73. The third kappa shape index (κ3) is 4.85. The van der Waals surface area contributed by atoms with E-state index in [4.69, 9.17) is 14.6 Å². The van der Waals surface area contributed by atoms with Crippen molar-refractivity contribution in [2.75, 3.05) is 7.05 Å². The van der Waals surface area contributed by atoms with Gasteiger partial charge in [0.2, 0.25) is 0 Å². The molecule has 5 rings (SSSR count). The van der Waals surface area contributed by atoms with Gasteiger partial charge in [-0.2, -0.15) is 5.10 Å². The van der Waals surface area contributed by atoms with Crippen molar-refractivity contribution in [1.82, 2.24) is 23.0 Å². The van der Waals surface area contributed by atoms with Crippen LogP contribution in [0.15, 0.2) is 44.3 Å². The zero-order valence-corrected chi connectivity index (χ0v) is 23.5. The first-order valence-electron chi connectivity index (χ1n) is 12.1. The van der Waals surface area contributed by atoms with Crippen molar-refractivity contribution in [3.8, 4) is 11.4 Å². The summed E-state index contributed by atoms with van der Waals surface area (Å²) in [5, 5.41) is 17.5. The zero-order chi connectivity index (χ0) is 25.6. The predicted molar refractivity (Wildman–Crippen MR) is 132 cm³/mol. The van der Waals surface area contributed by atoms with Crippen LogP contribution in [0.3, 0.4) is 0 Å². The van der Waals surface area contributed by atoms with Crippen molar-refractivity contribution in [1.29, 1.82) is 0 Å². The predicted octanol–water partition coefficient (Wildman–Crippen LogP) is 2.25. The molecule has 1 aliphatic carbocycles. The quantitative estimate of drug-likeness (QED) is 0.343. The van der Waals surface area contributed by atoms with Gasteiger partial charge in [-0.3, -0.25) is 0 Å². The van der Waals surface area contributed by atoms with Gasteiger partial charge in [0.25, 0.3) is 0 Å². The Hall–Kier alpha value is -2.95. The van der Waals surface area contributed by atoms with Crippen LogP contribution in [-0.4, -0.2) is 41.2 Å². The summed E-state index contributed by atoms with van der Waals surface area (Å²) in [5.74, 6) is 0.220. The van der Waals surface area contributed by atoms with E-state index >= 15 is 0 Å². The molecule has 2 aliphatic rings.